The number of carbonyl (C=O) groups is 1. The number of rotatable bonds is 4. The average Bonchev–Trinajstić information content (AvgIpc) is 2.70. The number of aryl methyl sites for hydroxylation is 2. The molecule has 1 fully saturated rings. The summed E-state index contributed by atoms with van der Waals surface area (Å²) in [6.45, 7) is 3.74. The van der Waals surface area contributed by atoms with Gasteiger partial charge >= 0.3 is 0 Å². The average molecular weight is 266 g/mol. The molecule has 0 radical (unpaired) electrons. The highest BCUT2D eigenvalue weighted by atomic mass is 16.5. The van der Waals surface area contributed by atoms with E-state index in [9.17, 15) is 9.90 Å². The highest BCUT2D eigenvalue weighted by molar-refractivity contribution is 5.76. The summed E-state index contributed by atoms with van der Waals surface area (Å²) in [5, 5.41) is 16.6. The van der Waals surface area contributed by atoms with Crippen molar-refractivity contribution in [1.82, 2.24) is 10.5 Å². The zero-order valence-corrected chi connectivity index (χ0v) is 11.6. The number of aromatic nitrogens is 1. The van der Waals surface area contributed by atoms with Crippen molar-refractivity contribution in [2.24, 2.45) is 0 Å². The maximum Gasteiger partial charge on any atom is 0.220 e. The molecule has 1 amide bonds. The van der Waals surface area contributed by atoms with E-state index in [4.69, 9.17) is 4.52 Å². The molecule has 2 atom stereocenters. The van der Waals surface area contributed by atoms with E-state index in [1.807, 2.05) is 13.8 Å². The van der Waals surface area contributed by atoms with Crippen LogP contribution in [0.5, 0.6) is 0 Å². The van der Waals surface area contributed by atoms with E-state index >= 15 is 0 Å². The van der Waals surface area contributed by atoms with Gasteiger partial charge in [-0.3, -0.25) is 4.79 Å². The molecule has 0 saturated heterocycles. The van der Waals surface area contributed by atoms with Gasteiger partial charge < -0.3 is 14.9 Å². The summed E-state index contributed by atoms with van der Waals surface area (Å²) in [5.74, 6) is 0.772. The summed E-state index contributed by atoms with van der Waals surface area (Å²) in [5.41, 5.74) is 1.86. The van der Waals surface area contributed by atoms with Crippen molar-refractivity contribution in [2.45, 2.75) is 64.5 Å². The Morgan fingerprint density at radius 2 is 2.16 bits per heavy atom. The van der Waals surface area contributed by atoms with Gasteiger partial charge in [-0.2, -0.15) is 0 Å². The fraction of sp³-hybridized carbons (Fsp3) is 0.714. The second-order valence-corrected chi connectivity index (χ2v) is 5.33. The molecule has 19 heavy (non-hydrogen) atoms. The lowest BCUT2D eigenvalue weighted by molar-refractivity contribution is -0.123. The molecule has 5 heteroatoms. The van der Waals surface area contributed by atoms with E-state index in [2.05, 4.69) is 10.5 Å². The minimum atomic E-state index is -0.392. The summed E-state index contributed by atoms with van der Waals surface area (Å²) in [6.07, 6.45) is 4.43. The van der Waals surface area contributed by atoms with Crippen molar-refractivity contribution in [2.75, 3.05) is 0 Å². The molecule has 0 spiro atoms. The zero-order chi connectivity index (χ0) is 13.8. The standard InChI is InChI=1S/C14H22N2O3/c1-9-11(10(2)19-16-9)7-8-14(18)15-12-5-3-4-6-13(12)17/h12-13,17H,3-8H2,1-2H3,(H,15,18)/t12-,13-/m1/s1. The lowest BCUT2D eigenvalue weighted by Gasteiger charge is -2.28. The van der Waals surface area contributed by atoms with Crippen LogP contribution in [0.15, 0.2) is 4.52 Å². The van der Waals surface area contributed by atoms with Gasteiger partial charge in [0.15, 0.2) is 0 Å². The number of carbonyl (C=O) groups excluding carboxylic acids is 1. The molecule has 106 valence electrons. The van der Waals surface area contributed by atoms with Crippen LogP contribution >= 0.6 is 0 Å². The van der Waals surface area contributed by atoms with E-state index in [1.165, 1.54) is 0 Å². The molecule has 2 rings (SSSR count). The fourth-order valence-corrected chi connectivity index (χ4v) is 2.66. The van der Waals surface area contributed by atoms with Crippen LogP contribution in [0.3, 0.4) is 0 Å². The smallest absolute Gasteiger partial charge is 0.220 e. The summed E-state index contributed by atoms with van der Waals surface area (Å²) >= 11 is 0. The minimum Gasteiger partial charge on any atom is -0.391 e. The Kier molecular flexibility index (Phi) is 4.58. The second-order valence-electron chi connectivity index (χ2n) is 5.33. The van der Waals surface area contributed by atoms with Gasteiger partial charge in [-0.05, 0) is 33.1 Å². The molecule has 1 aliphatic carbocycles. The third-order valence-corrected chi connectivity index (χ3v) is 3.86. The first-order chi connectivity index (χ1) is 9.08. The van der Waals surface area contributed by atoms with Crippen LogP contribution < -0.4 is 5.32 Å². The number of aliphatic hydroxyl groups excluding tert-OH is 1. The summed E-state index contributed by atoms with van der Waals surface area (Å²) in [6, 6.07) is -0.0779. The molecule has 2 N–H and O–H groups in total. The van der Waals surface area contributed by atoms with Gasteiger partial charge in [0.05, 0.1) is 17.8 Å². The second kappa shape index (κ2) is 6.19. The zero-order valence-electron chi connectivity index (χ0n) is 11.6. The van der Waals surface area contributed by atoms with Crippen LogP contribution in [0.1, 0.15) is 49.1 Å². The predicted molar refractivity (Wildman–Crippen MR) is 70.7 cm³/mol. The number of hydrogen-bond acceptors (Lipinski definition) is 4. The number of aliphatic hydroxyl groups is 1. The Hall–Kier alpha value is -1.36. The van der Waals surface area contributed by atoms with Gasteiger partial charge in [-0.15, -0.1) is 0 Å². The van der Waals surface area contributed by atoms with Crippen LogP contribution in [0.25, 0.3) is 0 Å². The predicted octanol–water partition coefficient (Wildman–Crippen LogP) is 1.64. The summed E-state index contributed by atoms with van der Waals surface area (Å²) in [7, 11) is 0. The lowest BCUT2D eigenvalue weighted by atomic mass is 9.92. The van der Waals surface area contributed by atoms with Gasteiger partial charge in [-0.1, -0.05) is 18.0 Å². The van der Waals surface area contributed by atoms with Crippen molar-refractivity contribution >= 4 is 5.91 Å². The molecular formula is C14H22N2O3. The first-order valence-corrected chi connectivity index (χ1v) is 6.97. The van der Waals surface area contributed by atoms with Crippen LogP contribution in [0.4, 0.5) is 0 Å². The van der Waals surface area contributed by atoms with Crippen molar-refractivity contribution < 1.29 is 14.4 Å². The molecule has 1 saturated carbocycles. The number of hydrogen-bond donors (Lipinski definition) is 2. The van der Waals surface area contributed by atoms with Gasteiger partial charge in [0.25, 0.3) is 0 Å². The molecule has 1 aromatic rings. The number of nitrogens with one attached hydrogen (secondary N) is 1. The van der Waals surface area contributed by atoms with E-state index < -0.39 is 6.10 Å². The third kappa shape index (κ3) is 3.56. The maximum absolute atomic E-state index is 11.9. The molecule has 1 aliphatic rings. The van der Waals surface area contributed by atoms with E-state index in [1.54, 1.807) is 0 Å². The molecule has 1 aromatic heterocycles. The quantitative estimate of drug-likeness (QED) is 0.868. The van der Waals surface area contributed by atoms with E-state index in [0.29, 0.717) is 12.8 Å². The largest absolute Gasteiger partial charge is 0.391 e. The van der Waals surface area contributed by atoms with Crippen molar-refractivity contribution in [3.8, 4) is 0 Å². The Bertz CT molecular complexity index is 422. The number of amides is 1. The molecular weight excluding hydrogens is 244 g/mol. The first kappa shape index (κ1) is 14.1. The Morgan fingerprint density at radius 1 is 1.42 bits per heavy atom. The highest BCUT2D eigenvalue weighted by Crippen LogP contribution is 2.19. The normalized spacial score (nSPS) is 23.3. The molecule has 5 nitrogen and oxygen atoms in total. The van der Waals surface area contributed by atoms with Crippen LogP contribution in [-0.4, -0.2) is 28.3 Å². The van der Waals surface area contributed by atoms with Crippen molar-refractivity contribution in [1.29, 1.82) is 0 Å². The van der Waals surface area contributed by atoms with Gasteiger partial charge in [0, 0.05) is 12.0 Å². The monoisotopic (exact) mass is 266 g/mol. The summed E-state index contributed by atoms with van der Waals surface area (Å²) < 4.78 is 5.07. The molecule has 0 unspecified atom stereocenters. The number of nitrogens with zero attached hydrogens (tertiary/aromatic N) is 1. The highest BCUT2D eigenvalue weighted by Gasteiger charge is 2.24. The third-order valence-electron chi connectivity index (χ3n) is 3.86. The molecule has 0 aromatic carbocycles. The van der Waals surface area contributed by atoms with Crippen LogP contribution in [0.2, 0.25) is 0 Å². The van der Waals surface area contributed by atoms with Gasteiger partial charge in [-0.25, -0.2) is 0 Å². The molecule has 1 heterocycles. The molecule has 0 aliphatic heterocycles. The fourth-order valence-electron chi connectivity index (χ4n) is 2.66. The Labute approximate surface area is 113 Å². The Balaban J connectivity index is 1.81. The van der Waals surface area contributed by atoms with E-state index in [-0.39, 0.29) is 11.9 Å². The Morgan fingerprint density at radius 3 is 2.79 bits per heavy atom. The van der Waals surface area contributed by atoms with Crippen LogP contribution in [-0.2, 0) is 11.2 Å². The van der Waals surface area contributed by atoms with Gasteiger partial charge in [0.1, 0.15) is 5.76 Å². The SMILES string of the molecule is Cc1noc(C)c1CCC(=O)N[C@@H]1CCCC[C@H]1O. The summed E-state index contributed by atoms with van der Waals surface area (Å²) in [4.78, 5) is 11.9. The topological polar surface area (TPSA) is 75.4 Å². The maximum atomic E-state index is 11.9. The lowest BCUT2D eigenvalue weighted by Crippen LogP contribution is -2.45. The molecule has 0 bridgehead atoms. The van der Waals surface area contributed by atoms with Gasteiger partial charge in [0.2, 0.25) is 5.91 Å². The first-order valence-electron chi connectivity index (χ1n) is 6.97. The van der Waals surface area contributed by atoms with Crippen LogP contribution in [0, 0.1) is 13.8 Å². The van der Waals surface area contributed by atoms with E-state index in [0.717, 1.165) is 42.7 Å². The van der Waals surface area contributed by atoms with Crippen molar-refractivity contribution in [3.05, 3.63) is 17.0 Å². The minimum absolute atomic E-state index is 0.00838. The van der Waals surface area contributed by atoms with Crippen molar-refractivity contribution in [3.63, 3.8) is 0 Å².